The molecule has 1 heterocycles. The van der Waals surface area contributed by atoms with Gasteiger partial charge in [-0.15, -0.1) is 0 Å². The first-order chi connectivity index (χ1) is 8.08. The zero-order valence-electron chi connectivity index (χ0n) is 9.87. The molecular weight excluding hydrogens is 240 g/mol. The number of nitrogens with zero attached hydrogens (tertiary/aromatic N) is 1. The highest BCUT2D eigenvalue weighted by Gasteiger charge is 2.14. The summed E-state index contributed by atoms with van der Waals surface area (Å²) >= 11 is 6.23. The first-order valence-corrected chi connectivity index (χ1v) is 5.43. The Labute approximate surface area is 104 Å². The summed E-state index contributed by atoms with van der Waals surface area (Å²) in [6.07, 6.45) is 0. The van der Waals surface area contributed by atoms with Gasteiger partial charge in [-0.25, -0.2) is 4.98 Å². The predicted molar refractivity (Wildman–Crippen MR) is 69.0 cm³/mol. The number of methoxy groups -OCH3 is 2. The van der Waals surface area contributed by atoms with Gasteiger partial charge in [0.25, 0.3) is 0 Å². The van der Waals surface area contributed by atoms with Crippen molar-refractivity contribution in [1.82, 2.24) is 4.98 Å². The highest BCUT2D eigenvalue weighted by molar-refractivity contribution is 6.37. The highest BCUT2D eigenvalue weighted by Crippen LogP contribution is 2.39. The lowest BCUT2D eigenvalue weighted by Gasteiger charge is -2.12. The lowest BCUT2D eigenvalue weighted by atomic mass is 10.1. The first-order valence-electron chi connectivity index (χ1n) is 5.05. The molecule has 4 nitrogen and oxygen atoms in total. The van der Waals surface area contributed by atoms with Crippen LogP contribution >= 0.6 is 11.6 Å². The number of rotatable bonds is 2. The molecule has 0 bridgehead atoms. The van der Waals surface area contributed by atoms with Crippen molar-refractivity contribution in [2.45, 2.75) is 6.92 Å². The lowest BCUT2D eigenvalue weighted by Crippen LogP contribution is -1.98. The van der Waals surface area contributed by atoms with E-state index in [4.69, 9.17) is 26.8 Å². The number of fused-ring (bicyclic) bond motifs is 1. The Bertz CT molecular complexity index is 584. The van der Waals surface area contributed by atoms with Crippen LogP contribution in [0, 0.1) is 6.92 Å². The van der Waals surface area contributed by atoms with Crippen molar-refractivity contribution in [3.63, 3.8) is 0 Å². The van der Waals surface area contributed by atoms with Gasteiger partial charge in [0.1, 0.15) is 22.8 Å². The second-order valence-corrected chi connectivity index (χ2v) is 4.06. The van der Waals surface area contributed by atoms with Gasteiger partial charge in [-0.1, -0.05) is 11.6 Å². The molecule has 0 spiro atoms. The van der Waals surface area contributed by atoms with E-state index in [9.17, 15) is 0 Å². The number of ether oxygens (including phenoxy) is 2. The zero-order chi connectivity index (χ0) is 12.6. The van der Waals surface area contributed by atoms with Crippen LogP contribution in [-0.2, 0) is 0 Å². The smallest absolute Gasteiger partial charge is 0.148 e. The van der Waals surface area contributed by atoms with Crippen molar-refractivity contribution in [2.24, 2.45) is 0 Å². The zero-order valence-corrected chi connectivity index (χ0v) is 10.6. The van der Waals surface area contributed by atoms with E-state index in [1.165, 1.54) is 0 Å². The maximum absolute atomic E-state index is 6.23. The minimum Gasteiger partial charge on any atom is -0.495 e. The fraction of sp³-hybridized carbons (Fsp3) is 0.250. The molecule has 0 aliphatic heterocycles. The minimum atomic E-state index is 0.469. The molecule has 5 heteroatoms. The summed E-state index contributed by atoms with van der Waals surface area (Å²) in [6, 6.07) is 3.58. The summed E-state index contributed by atoms with van der Waals surface area (Å²) in [5.74, 6) is 1.62. The van der Waals surface area contributed by atoms with E-state index in [1.54, 1.807) is 20.3 Å². The molecule has 17 heavy (non-hydrogen) atoms. The summed E-state index contributed by atoms with van der Waals surface area (Å²) in [5.41, 5.74) is 7.30. The van der Waals surface area contributed by atoms with Gasteiger partial charge in [-0.3, -0.25) is 0 Å². The van der Waals surface area contributed by atoms with Crippen LogP contribution in [0.3, 0.4) is 0 Å². The molecule has 90 valence electrons. The molecule has 0 saturated carbocycles. The second-order valence-electron chi connectivity index (χ2n) is 3.68. The third-order valence-electron chi connectivity index (χ3n) is 2.64. The van der Waals surface area contributed by atoms with Crippen molar-refractivity contribution in [2.75, 3.05) is 20.0 Å². The number of hydrogen-bond donors (Lipinski definition) is 1. The van der Waals surface area contributed by atoms with Crippen molar-refractivity contribution in [3.8, 4) is 11.5 Å². The Morgan fingerprint density at radius 3 is 2.41 bits per heavy atom. The van der Waals surface area contributed by atoms with E-state index >= 15 is 0 Å². The quantitative estimate of drug-likeness (QED) is 0.893. The molecule has 0 atom stereocenters. The fourth-order valence-electron chi connectivity index (χ4n) is 1.67. The normalized spacial score (nSPS) is 10.6. The van der Waals surface area contributed by atoms with Gasteiger partial charge in [0.05, 0.1) is 19.2 Å². The summed E-state index contributed by atoms with van der Waals surface area (Å²) in [5, 5.41) is 1.29. The number of nitrogen functional groups attached to an aromatic ring is 1. The van der Waals surface area contributed by atoms with Gasteiger partial charge in [-0.2, -0.15) is 0 Å². The molecule has 0 unspecified atom stereocenters. The Morgan fingerprint density at radius 2 is 1.82 bits per heavy atom. The average Bonchev–Trinajstić information content (AvgIpc) is 2.32. The largest absolute Gasteiger partial charge is 0.495 e. The van der Waals surface area contributed by atoms with E-state index in [1.807, 2.05) is 13.0 Å². The third-order valence-corrected chi connectivity index (χ3v) is 3.03. The van der Waals surface area contributed by atoms with Crippen molar-refractivity contribution >= 4 is 28.3 Å². The number of hydrogen-bond acceptors (Lipinski definition) is 4. The van der Waals surface area contributed by atoms with Gasteiger partial charge in [-0.05, 0) is 18.6 Å². The van der Waals surface area contributed by atoms with Crippen molar-refractivity contribution in [3.05, 3.63) is 22.7 Å². The number of halogens is 1. The molecule has 2 aromatic rings. The van der Waals surface area contributed by atoms with Crippen LogP contribution in [0.15, 0.2) is 12.1 Å². The number of benzene rings is 1. The fourth-order valence-corrected chi connectivity index (χ4v) is 1.95. The Kier molecular flexibility index (Phi) is 2.98. The Hall–Kier alpha value is -1.68. The van der Waals surface area contributed by atoms with Crippen LogP contribution in [0.25, 0.3) is 10.9 Å². The van der Waals surface area contributed by atoms with Crippen LogP contribution in [0.4, 0.5) is 5.82 Å². The van der Waals surface area contributed by atoms with E-state index in [-0.39, 0.29) is 0 Å². The van der Waals surface area contributed by atoms with E-state index < -0.39 is 0 Å². The maximum atomic E-state index is 6.23. The van der Waals surface area contributed by atoms with Gasteiger partial charge < -0.3 is 15.2 Å². The Morgan fingerprint density at radius 1 is 1.18 bits per heavy atom. The lowest BCUT2D eigenvalue weighted by molar-refractivity contribution is 0.397. The van der Waals surface area contributed by atoms with Gasteiger partial charge >= 0.3 is 0 Å². The third kappa shape index (κ3) is 1.85. The molecule has 0 aliphatic rings. The molecule has 0 saturated heterocycles. The highest BCUT2D eigenvalue weighted by atomic mass is 35.5. The summed E-state index contributed by atoms with van der Waals surface area (Å²) < 4.78 is 10.5. The number of nitrogens with two attached hydrogens (primary N) is 1. The van der Waals surface area contributed by atoms with Gasteiger partial charge in [0, 0.05) is 11.5 Å². The molecule has 0 amide bonds. The molecule has 0 radical (unpaired) electrons. The molecule has 2 rings (SSSR count). The maximum Gasteiger partial charge on any atom is 0.148 e. The summed E-state index contributed by atoms with van der Waals surface area (Å²) in [7, 11) is 3.13. The van der Waals surface area contributed by atoms with Crippen LogP contribution < -0.4 is 15.2 Å². The standard InChI is InChI=1S/C12H13ClN2O2/c1-6-4-7-10(13)8(16-2)5-9(17-3)11(7)15-12(6)14/h4-5H,1-3H3,(H2,14,15). The predicted octanol–water partition coefficient (Wildman–Crippen LogP) is 2.80. The van der Waals surface area contributed by atoms with Gasteiger partial charge in [0.15, 0.2) is 0 Å². The van der Waals surface area contributed by atoms with Crippen molar-refractivity contribution < 1.29 is 9.47 Å². The molecule has 2 N–H and O–H groups in total. The number of pyridine rings is 1. The SMILES string of the molecule is COc1cc(OC)c2nc(N)c(C)cc2c1Cl. The van der Waals surface area contributed by atoms with Crippen LogP contribution in [0.5, 0.6) is 11.5 Å². The van der Waals surface area contributed by atoms with Crippen LogP contribution in [-0.4, -0.2) is 19.2 Å². The Balaban J connectivity index is 2.89. The van der Waals surface area contributed by atoms with E-state index in [0.29, 0.717) is 27.9 Å². The van der Waals surface area contributed by atoms with E-state index in [0.717, 1.165) is 10.9 Å². The van der Waals surface area contributed by atoms with Crippen LogP contribution in [0.1, 0.15) is 5.56 Å². The number of aromatic nitrogens is 1. The van der Waals surface area contributed by atoms with Crippen LogP contribution in [0.2, 0.25) is 5.02 Å². The monoisotopic (exact) mass is 252 g/mol. The minimum absolute atomic E-state index is 0.469. The second kappa shape index (κ2) is 4.30. The molecule has 0 fully saturated rings. The molecule has 1 aromatic carbocycles. The van der Waals surface area contributed by atoms with Crippen molar-refractivity contribution in [1.29, 1.82) is 0 Å². The molecular formula is C12H13ClN2O2. The summed E-state index contributed by atoms with van der Waals surface area (Å²) in [6.45, 7) is 1.88. The number of anilines is 1. The molecule has 1 aromatic heterocycles. The average molecular weight is 253 g/mol. The first kappa shape index (κ1) is 11.8. The summed E-state index contributed by atoms with van der Waals surface area (Å²) in [4.78, 5) is 4.29. The number of aryl methyl sites for hydroxylation is 1. The molecule has 0 aliphatic carbocycles. The topological polar surface area (TPSA) is 57.4 Å². The van der Waals surface area contributed by atoms with E-state index in [2.05, 4.69) is 4.98 Å². The van der Waals surface area contributed by atoms with Gasteiger partial charge in [0.2, 0.25) is 0 Å².